The van der Waals surface area contributed by atoms with Gasteiger partial charge in [0.05, 0.1) is 23.6 Å². The number of halogens is 1. The molecular formula is C17H23FN6O. The van der Waals surface area contributed by atoms with Crippen molar-refractivity contribution in [3.8, 4) is 0 Å². The average molecular weight is 346 g/mol. The molecule has 134 valence electrons. The molecule has 1 saturated heterocycles. The maximum atomic E-state index is 13.6. The summed E-state index contributed by atoms with van der Waals surface area (Å²) < 4.78 is 15.3. The second-order valence-corrected chi connectivity index (χ2v) is 6.51. The molecule has 0 unspecified atom stereocenters. The molecule has 1 fully saturated rings. The van der Waals surface area contributed by atoms with Crippen LogP contribution in [-0.2, 0) is 0 Å². The number of benzene rings is 1. The van der Waals surface area contributed by atoms with Crippen LogP contribution >= 0.6 is 0 Å². The Hall–Kier alpha value is -2.48. The minimum atomic E-state index is -0.414. The lowest BCUT2D eigenvalue weighted by Gasteiger charge is -2.22. The molecule has 0 radical (unpaired) electrons. The van der Waals surface area contributed by atoms with Crippen molar-refractivity contribution in [1.29, 1.82) is 0 Å². The van der Waals surface area contributed by atoms with Gasteiger partial charge in [0.15, 0.2) is 5.69 Å². The van der Waals surface area contributed by atoms with Crippen LogP contribution in [0, 0.1) is 5.82 Å². The number of hydrogen-bond acceptors (Lipinski definition) is 5. The number of piperidine rings is 1. The van der Waals surface area contributed by atoms with Crippen molar-refractivity contribution in [2.45, 2.75) is 38.8 Å². The fourth-order valence-electron chi connectivity index (χ4n) is 2.87. The Morgan fingerprint density at radius 3 is 2.80 bits per heavy atom. The third kappa shape index (κ3) is 4.33. The van der Waals surface area contributed by atoms with Crippen molar-refractivity contribution in [3.05, 3.63) is 35.9 Å². The largest absolute Gasteiger partial charge is 0.381 e. The second-order valence-electron chi connectivity index (χ2n) is 6.51. The summed E-state index contributed by atoms with van der Waals surface area (Å²) in [7, 11) is 0. The Morgan fingerprint density at radius 2 is 2.08 bits per heavy atom. The van der Waals surface area contributed by atoms with E-state index in [9.17, 15) is 9.18 Å². The minimum absolute atomic E-state index is 0.155. The number of nitrogens with zero attached hydrogens (tertiary/aromatic N) is 3. The van der Waals surface area contributed by atoms with E-state index in [-0.39, 0.29) is 17.8 Å². The molecule has 1 aliphatic rings. The molecule has 1 aliphatic heterocycles. The van der Waals surface area contributed by atoms with Gasteiger partial charge in [0, 0.05) is 6.04 Å². The summed E-state index contributed by atoms with van der Waals surface area (Å²) in [5, 5.41) is 17.2. The second kappa shape index (κ2) is 7.60. The number of hydrogen-bond donors (Lipinski definition) is 3. The molecule has 0 saturated carbocycles. The van der Waals surface area contributed by atoms with Crippen molar-refractivity contribution >= 4 is 17.3 Å². The molecule has 0 spiro atoms. The first-order valence-corrected chi connectivity index (χ1v) is 8.53. The molecule has 3 N–H and O–H groups in total. The van der Waals surface area contributed by atoms with Crippen molar-refractivity contribution in [3.63, 3.8) is 0 Å². The Labute approximate surface area is 146 Å². The van der Waals surface area contributed by atoms with Crippen LogP contribution in [0.2, 0.25) is 0 Å². The average Bonchev–Trinajstić information content (AvgIpc) is 3.08. The fraction of sp³-hybridized carbons (Fsp3) is 0.471. The molecule has 25 heavy (non-hydrogen) atoms. The highest BCUT2D eigenvalue weighted by Gasteiger charge is 2.19. The van der Waals surface area contributed by atoms with Gasteiger partial charge in [0.1, 0.15) is 5.82 Å². The van der Waals surface area contributed by atoms with Crippen LogP contribution in [0.4, 0.5) is 15.8 Å². The third-order valence-electron chi connectivity index (χ3n) is 4.10. The summed E-state index contributed by atoms with van der Waals surface area (Å²) >= 11 is 0. The van der Waals surface area contributed by atoms with Crippen molar-refractivity contribution in [1.82, 2.24) is 20.3 Å². The number of aromatic nitrogens is 3. The Morgan fingerprint density at radius 1 is 1.32 bits per heavy atom. The number of anilines is 2. The molecular weight excluding hydrogens is 323 g/mol. The third-order valence-corrected chi connectivity index (χ3v) is 4.10. The number of nitrogens with one attached hydrogen (secondary N) is 3. The van der Waals surface area contributed by atoms with Crippen molar-refractivity contribution in [2.75, 3.05) is 23.7 Å². The molecule has 1 aromatic heterocycles. The number of amides is 1. The van der Waals surface area contributed by atoms with Crippen LogP contribution in [0.15, 0.2) is 24.4 Å². The molecule has 2 aromatic rings. The SMILES string of the molecule is CC(C)Nc1ccc(F)cc1NC(=O)c1cn(C2CCNCC2)nn1. The van der Waals surface area contributed by atoms with E-state index in [1.807, 2.05) is 13.8 Å². The van der Waals surface area contributed by atoms with Crippen LogP contribution in [-0.4, -0.2) is 40.0 Å². The first-order chi connectivity index (χ1) is 12.0. The van der Waals surface area contributed by atoms with E-state index in [0.29, 0.717) is 11.4 Å². The molecule has 0 bridgehead atoms. The minimum Gasteiger partial charge on any atom is -0.381 e. The first-order valence-electron chi connectivity index (χ1n) is 8.53. The van der Waals surface area contributed by atoms with E-state index >= 15 is 0 Å². The van der Waals surface area contributed by atoms with Gasteiger partial charge in [-0.05, 0) is 58.0 Å². The lowest BCUT2D eigenvalue weighted by atomic mass is 10.1. The normalized spacial score (nSPS) is 15.4. The fourth-order valence-corrected chi connectivity index (χ4v) is 2.87. The highest BCUT2D eigenvalue weighted by molar-refractivity contribution is 6.04. The predicted octanol–water partition coefficient (Wildman–Crippen LogP) is 2.41. The quantitative estimate of drug-likeness (QED) is 0.774. The summed E-state index contributed by atoms with van der Waals surface area (Å²) in [5.41, 5.74) is 1.27. The zero-order chi connectivity index (χ0) is 17.8. The van der Waals surface area contributed by atoms with Gasteiger partial charge in [-0.2, -0.15) is 0 Å². The molecule has 0 aliphatic carbocycles. The van der Waals surface area contributed by atoms with Gasteiger partial charge >= 0.3 is 0 Å². The van der Waals surface area contributed by atoms with E-state index in [2.05, 4.69) is 26.3 Å². The highest BCUT2D eigenvalue weighted by atomic mass is 19.1. The Kier molecular flexibility index (Phi) is 5.28. The maximum absolute atomic E-state index is 13.6. The van der Waals surface area contributed by atoms with Crippen molar-refractivity contribution in [2.24, 2.45) is 0 Å². The van der Waals surface area contributed by atoms with Gasteiger partial charge in [0.25, 0.3) is 5.91 Å². The number of carbonyl (C=O) groups is 1. The summed E-state index contributed by atoms with van der Waals surface area (Å²) in [5.74, 6) is -0.819. The van der Waals surface area contributed by atoms with Gasteiger partial charge < -0.3 is 16.0 Å². The van der Waals surface area contributed by atoms with Crippen molar-refractivity contribution < 1.29 is 9.18 Å². The standard InChI is InChI=1S/C17H23FN6O/c1-11(2)20-14-4-3-12(18)9-15(14)21-17(25)16-10-24(23-22-16)13-5-7-19-8-6-13/h3-4,9-11,13,19-20H,5-8H2,1-2H3,(H,21,25). The van der Waals surface area contributed by atoms with E-state index in [4.69, 9.17) is 0 Å². The zero-order valence-corrected chi connectivity index (χ0v) is 14.4. The molecule has 3 rings (SSSR count). The van der Waals surface area contributed by atoms with Crippen LogP contribution in [0.5, 0.6) is 0 Å². The Bertz CT molecular complexity index is 738. The zero-order valence-electron chi connectivity index (χ0n) is 14.4. The molecule has 0 atom stereocenters. The lowest BCUT2D eigenvalue weighted by Crippen LogP contribution is -2.29. The smallest absolute Gasteiger partial charge is 0.277 e. The van der Waals surface area contributed by atoms with Gasteiger partial charge in [-0.15, -0.1) is 5.10 Å². The van der Waals surface area contributed by atoms with Gasteiger partial charge in [0.2, 0.25) is 0 Å². The molecule has 8 heteroatoms. The van der Waals surface area contributed by atoms with Crippen LogP contribution in [0.25, 0.3) is 0 Å². The summed E-state index contributed by atoms with van der Waals surface area (Å²) in [4.78, 5) is 12.5. The van der Waals surface area contributed by atoms with E-state index in [1.165, 1.54) is 12.1 Å². The first kappa shape index (κ1) is 17.3. The summed E-state index contributed by atoms with van der Waals surface area (Å²) in [6, 6.07) is 4.66. The molecule has 7 nitrogen and oxygen atoms in total. The predicted molar refractivity (Wildman–Crippen MR) is 94.3 cm³/mol. The van der Waals surface area contributed by atoms with Crippen LogP contribution < -0.4 is 16.0 Å². The van der Waals surface area contributed by atoms with E-state index in [1.54, 1.807) is 16.9 Å². The number of rotatable bonds is 5. The monoisotopic (exact) mass is 346 g/mol. The van der Waals surface area contributed by atoms with E-state index in [0.717, 1.165) is 25.9 Å². The maximum Gasteiger partial charge on any atom is 0.277 e. The summed E-state index contributed by atoms with van der Waals surface area (Å²) in [6.45, 7) is 5.80. The molecule has 2 heterocycles. The lowest BCUT2D eigenvalue weighted by molar-refractivity contribution is 0.102. The number of carbonyl (C=O) groups excluding carboxylic acids is 1. The van der Waals surface area contributed by atoms with Gasteiger partial charge in [-0.3, -0.25) is 4.79 Å². The highest BCUT2D eigenvalue weighted by Crippen LogP contribution is 2.24. The topological polar surface area (TPSA) is 83.9 Å². The Balaban J connectivity index is 1.74. The van der Waals surface area contributed by atoms with Gasteiger partial charge in [-0.25, -0.2) is 9.07 Å². The molecule has 1 aromatic carbocycles. The summed E-state index contributed by atoms with van der Waals surface area (Å²) in [6.07, 6.45) is 3.56. The van der Waals surface area contributed by atoms with E-state index < -0.39 is 11.7 Å². The van der Waals surface area contributed by atoms with Gasteiger partial charge in [-0.1, -0.05) is 5.21 Å². The van der Waals surface area contributed by atoms with Crippen LogP contribution in [0.1, 0.15) is 43.2 Å². The van der Waals surface area contributed by atoms with Crippen LogP contribution in [0.3, 0.4) is 0 Å². The molecule has 1 amide bonds.